The monoisotopic (exact) mass is 228 g/mol. The average molecular weight is 228 g/mol. The van der Waals surface area contributed by atoms with E-state index in [-0.39, 0.29) is 12.1 Å². The molecule has 0 aromatic carbocycles. The largest absolute Gasteiger partial charge is 0.388 e. The average Bonchev–Trinajstić information content (AvgIpc) is 2.67. The topological polar surface area (TPSA) is 43.8 Å². The van der Waals surface area contributed by atoms with Crippen LogP contribution in [-0.4, -0.2) is 52.2 Å². The van der Waals surface area contributed by atoms with Crippen molar-refractivity contribution in [3.63, 3.8) is 0 Å². The van der Waals surface area contributed by atoms with E-state index in [1.807, 2.05) is 23.6 Å². The smallest absolute Gasteiger partial charge is 0.320 e. The molecule has 2 amide bonds. The molecular weight excluding hydrogens is 204 g/mol. The molecule has 16 heavy (non-hydrogen) atoms. The van der Waals surface area contributed by atoms with E-state index in [0.717, 1.165) is 32.5 Å². The van der Waals surface area contributed by atoms with Crippen LogP contribution in [0.4, 0.5) is 4.79 Å². The van der Waals surface area contributed by atoms with Crippen LogP contribution < -0.4 is 0 Å². The minimum atomic E-state index is -0.806. The van der Waals surface area contributed by atoms with Crippen LogP contribution in [0.1, 0.15) is 40.5 Å². The lowest BCUT2D eigenvalue weighted by Gasteiger charge is -2.36. The van der Waals surface area contributed by atoms with E-state index in [0.29, 0.717) is 0 Å². The van der Waals surface area contributed by atoms with Gasteiger partial charge in [-0.1, -0.05) is 0 Å². The first-order chi connectivity index (χ1) is 7.41. The van der Waals surface area contributed by atoms with E-state index >= 15 is 0 Å². The van der Waals surface area contributed by atoms with Crippen LogP contribution in [0.2, 0.25) is 0 Å². The summed E-state index contributed by atoms with van der Waals surface area (Å²) in [6.45, 7) is 9.75. The molecule has 1 heterocycles. The first-order valence-corrected chi connectivity index (χ1v) is 6.19. The van der Waals surface area contributed by atoms with Gasteiger partial charge in [0.05, 0.1) is 11.6 Å². The number of amides is 2. The molecule has 0 saturated carbocycles. The second-order valence-corrected chi connectivity index (χ2v) is 4.96. The highest BCUT2D eigenvalue weighted by atomic mass is 16.3. The third-order valence-corrected chi connectivity index (χ3v) is 3.35. The molecule has 1 atom stereocenters. The van der Waals surface area contributed by atoms with Crippen LogP contribution in [0.5, 0.6) is 0 Å². The van der Waals surface area contributed by atoms with Gasteiger partial charge in [-0.15, -0.1) is 0 Å². The maximum Gasteiger partial charge on any atom is 0.320 e. The van der Waals surface area contributed by atoms with Crippen molar-refractivity contribution < 1.29 is 9.90 Å². The summed E-state index contributed by atoms with van der Waals surface area (Å²) in [6, 6.07) is 0.0234. The molecule has 1 unspecified atom stereocenters. The Kier molecular flexibility index (Phi) is 4.19. The molecule has 1 N–H and O–H groups in total. The molecule has 0 radical (unpaired) electrons. The fourth-order valence-corrected chi connectivity index (χ4v) is 2.41. The zero-order valence-electron chi connectivity index (χ0n) is 10.9. The number of aliphatic hydroxyl groups is 1. The van der Waals surface area contributed by atoms with Crippen LogP contribution in [0.25, 0.3) is 0 Å². The Morgan fingerprint density at radius 3 is 2.44 bits per heavy atom. The van der Waals surface area contributed by atoms with E-state index in [1.54, 1.807) is 13.8 Å². The van der Waals surface area contributed by atoms with Gasteiger partial charge in [-0.3, -0.25) is 0 Å². The van der Waals surface area contributed by atoms with Gasteiger partial charge in [0.15, 0.2) is 0 Å². The highest BCUT2D eigenvalue weighted by Crippen LogP contribution is 2.27. The van der Waals surface area contributed by atoms with E-state index in [1.165, 1.54) is 0 Å². The lowest BCUT2D eigenvalue weighted by atomic mass is 9.97. The number of nitrogens with zero attached hydrogens (tertiary/aromatic N) is 2. The highest BCUT2D eigenvalue weighted by Gasteiger charge is 2.39. The normalized spacial score (nSPS) is 21.3. The minimum Gasteiger partial charge on any atom is -0.388 e. The zero-order chi connectivity index (χ0) is 12.3. The van der Waals surface area contributed by atoms with Crippen LogP contribution in [0.15, 0.2) is 0 Å². The van der Waals surface area contributed by atoms with E-state index < -0.39 is 5.60 Å². The summed E-state index contributed by atoms with van der Waals surface area (Å²) in [5.74, 6) is 0. The van der Waals surface area contributed by atoms with Crippen LogP contribution in [0.3, 0.4) is 0 Å². The first kappa shape index (κ1) is 13.3. The van der Waals surface area contributed by atoms with Crippen LogP contribution >= 0.6 is 0 Å². The van der Waals surface area contributed by atoms with Gasteiger partial charge in [-0.2, -0.15) is 0 Å². The standard InChI is InChI=1S/C12H24N2O2/c1-5-13(6-2)11(15)14-9-7-8-10(14)12(3,4)16/h10,16H,5-9H2,1-4H3. The number of carbonyl (C=O) groups is 1. The third-order valence-electron chi connectivity index (χ3n) is 3.35. The molecule has 1 aliphatic rings. The van der Waals surface area contributed by atoms with Crippen molar-refractivity contribution in [3.05, 3.63) is 0 Å². The van der Waals surface area contributed by atoms with Crippen molar-refractivity contribution in [1.82, 2.24) is 9.80 Å². The van der Waals surface area contributed by atoms with E-state index in [2.05, 4.69) is 0 Å². The predicted octanol–water partition coefficient (Wildman–Crippen LogP) is 1.68. The van der Waals surface area contributed by atoms with Gasteiger partial charge >= 0.3 is 6.03 Å². The summed E-state index contributed by atoms with van der Waals surface area (Å²) in [5.41, 5.74) is -0.806. The van der Waals surface area contributed by atoms with E-state index in [4.69, 9.17) is 0 Å². The second kappa shape index (κ2) is 5.04. The molecule has 0 bridgehead atoms. The number of likely N-dealkylation sites (tertiary alicyclic amines) is 1. The van der Waals surface area contributed by atoms with Gasteiger partial charge in [0.1, 0.15) is 0 Å². The molecule has 0 spiro atoms. The Morgan fingerprint density at radius 2 is 2.00 bits per heavy atom. The maximum absolute atomic E-state index is 12.2. The molecule has 1 rings (SSSR count). The molecule has 1 saturated heterocycles. The second-order valence-electron chi connectivity index (χ2n) is 4.96. The van der Waals surface area contributed by atoms with Gasteiger partial charge in [0, 0.05) is 19.6 Å². The van der Waals surface area contributed by atoms with Gasteiger partial charge in [-0.25, -0.2) is 4.79 Å². The molecule has 1 fully saturated rings. The highest BCUT2D eigenvalue weighted by molar-refractivity contribution is 5.75. The summed E-state index contributed by atoms with van der Waals surface area (Å²) in [5, 5.41) is 10.1. The maximum atomic E-state index is 12.2. The lowest BCUT2D eigenvalue weighted by molar-refractivity contribution is 0.00492. The fraction of sp³-hybridized carbons (Fsp3) is 0.917. The number of hydrogen-bond donors (Lipinski definition) is 1. The number of carbonyl (C=O) groups excluding carboxylic acids is 1. The van der Waals surface area contributed by atoms with Gasteiger partial charge in [0.2, 0.25) is 0 Å². The van der Waals surface area contributed by atoms with Crippen molar-refractivity contribution >= 4 is 6.03 Å². The van der Waals surface area contributed by atoms with Crippen molar-refractivity contribution in [1.29, 1.82) is 0 Å². The fourth-order valence-electron chi connectivity index (χ4n) is 2.41. The number of hydrogen-bond acceptors (Lipinski definition) is 2. The van der Waals surface area contributed by atoms with Crippen molar-refractivity contribution in [2.75, 3.05) is 19.6 Å². The van der Waals surface area contributed by atoms with E-state index in [9.17, 15) is 9.90 Å². The lowest BCUT2D eigenvalue weighted by Crippen LogP contribution is -2.52. The number of urea groups is 1. The van der Waals surface area contributed by atoms with Gasteiger partial charge < -0.3 is 14.9 Å². The molecule has 0 aliphatic carbocycles. The quantitative estimate of drug-likeness (QED) is 0.798. The number of rotatable bonds is 3. The summed E-state index contributed by atoms with van der Waals surface area (Å²) in [4.78, 5) is 15.8. The third kappa shape index (κ3) is 2.67. The Hall–Kier alpha value is -0.770. The molecule has 0 aromatic heterocycles. The summed E-state index contributed by atoms with van der Waals surface area (Å²) in [7, 11) is 0. The van der Waals surface area contributed by atoms with Gasteiger partial charge in [0.25, 0.3) is 0 Å². The Bertz CT molecular complexity index is 244. The SMILES string of the molecule is CCN(CC)C(=O)N1CCCC1C(C)(C)O. The predicted molar refractivity (Wildman–Crippen MR) is 64.3 cm³/mol. The minimum absolute atomic E-state index is 0.0411. The Balaban J connectivity index is 2.75. The van der Waals surface area contributed by atoms with Gasteiger partial charge in [-0.05, 0) is 40.5 Å². The van der Waals surface area contributed by atoms with Crippen molar-refractivity contribution in [3.8, 4) is 0 Å². The molecule has 4 heteroatoms. The summed E-state index contributed by atoms with van der Waals surface area (Å²) >= 11 is 0. The molecule has 1 aliphatic heterocycles. The van der Waals surface area contributed by atoms with Crippen LogP contribution in [0, 0.1) is 0 Å². The molecule has 94 valence electrons. The van der Waals surface area contributed by atoms with Crippen LogP contribution in [-0.2, 0) is 0 Å². The Morgan fingerprint density at radius 1 is 1.44 bits per heavy atom. The first-order valence-electron chi connectivity index (χ1n) is 6.19. The zero-order valence-corrected chi connectivity index (χ0v) is 10.9. The van der Waals surface area contributed by atoms with Crippen molar-refractivity contribution in [2.24, 2.45) is 0 Å². The molecular formula is C12H24N2O2. The van der Waals surface area contributed by atoms with Crippen molar-refractivity contribution in [2.45, 2.75) is 52.2 Å². The summed E-state index contributed by atoms with van der Waals surface area (Å²) < 4.78 is 0. The Labute approximate surface area is 98.2 Å². The molecule has 0 aromatic rings. The summed E-state index contributed by atoms with van der Waals surface area (Å²) in [6.07, 6.45) is 1.89. The molecule has 4 nitrogen and oxygen atoms in total.